The maximum Gasteiger partial charge on any atom is 0.263 e. The molecule has 0 aromatic carbocycles. The zero-order chi connectivity index (χ0) is 20.5. The van der Waals surface area contributed by atoms with Crippen LogP contribution in [0.4, 0.5) is 5.82 Å². The summed E-state index contributed by atoms with van der Waals surface area (Å²) in [7, 11) is 0. The van der Waals surface area contributed by atoms with Crippen molar-refractivity contribution in [2.75, 3.05) is 18.0 Å². The van der Waals surface area contributed by atoms with Gasteiger partial charge in [0.05, 0.1) is 16.8 Å². The monoisotopic (exact) mass is 414 g/mol. The van der Waals surface area contributed by atoms with Crippen LogP contribution in [0.1, 0.15) is 32.6 Å². The molecular weight excluding hydrogens is 392 g/mol. The maximum atomic E-state index is 12.7. The Labute approximate surface area is 171 Å². The first-order valence-corrected chi connectivity index (χ1v) is 10.2. The number of anilines is 1. The summed E-state index contributed by atoms with van der Waals surface area (Å²) in [6.07, 6.45) is 1.58. The molecule has 4 heterocycles. The van der Waals surface area contributed by atoms with Crippen molar-refractivity contribution in [2.24, 2.45) is 0 Å². The Balaban J connectivity index is 1.50. The van der Waals surface area contributed by atoms with Crippen LogP contribution in [0, 0.1) is 20.8 Å². The van der Waals surface area contributed by atoms with Gasteiger partial charge in [0.2, 0.25) is 0 Å². The summed E-state index contributed by atoms with van der Waals surface area (Å²) >= 11 is 1.38. The number of piperidine rings is 1. The Bertz CT molecular complexity index is 1030. The SMILES string of the molecule is Cc1noc(-c2ccnc(N3C[C@H](O)C[C@H](NC(=O)c4sc(C)nc4C)C3)c2)n1. The first kappa shape index (κ1) is 19.5. The van der Waals surface area contributed by atoms with E-state index in [9.17, 15) is 9.90 Å². The number of thiazole rings is 1. The number of aryl methyl sites for hydroxylation is 3. The molecule has 0 spiro atoms. The smallest absolute Gasteiger partial charge is 0.263 e. The predicted octanol–water partition coefficient (Wildman–Crippen LogP) is 1.88. The highest BCUT2D eigenvalue weighted by Crippen LogP contribution is 2.24. The molecule has 29 heavy (non-hydrogen) atoms. The van der Waals surface area contributed by atoms with Crippen LogP contribution in [0.5, 0.6) is 0 Å². The molecule has 0 saturated carbocycles. The van der Waals surface area contributed by atoms with Crippen molar-refractivity contribution >= 4 is 23.1 Å². The molecule has 1 amide bonds. The molecule has 1 saturated heterocycles. The number of aromatic nitrogens is 4. The quantitative estimate of drug-likeness (QED) is 0.665. The highest BCUT2D eigenvalue weighted by atomic mass is 32.1. The first-order chi connectivity index (χ1) is 13.9. The van der Waals surface area contributed by atoms with Gasteiger partial charge < -0.3 is 19.8 Å². The first-order valence-electron chi connectivity index (χ1n) is 9.33. The number of amides is 1. The van der Waals surface area contributed by atoms with Crippen LogP contribution >= 0.6 is 11.3 Å². The Morgan fingerprint density at radius 1 is 1.31 bits per heavy atom. The van der Waals surface area contributed by atoms with Crippen molar-refractivity contribution in [1.82, 2.24) is 25.4 Å². The van der Waals surface area contributed by atoms with Gasteiger partial charge in [0.15, 0.2) is 5.82 Å². The Hall–Kier alpha value is -2.85. The molecule has 9 nitrogen and oxygen atoms in total. The lowest BCUT2D eigenvalue weighted by atomic mass is 10.0. The van der Waals surface area contributed by atoms with Gasteiger partial charge in [-0.25, -0.2) is 9.97 Å². The predicted molar refractivity (Wildman–Crippen MR) is 108 cm³/mol. The van der Waals surface area contributed by atoms with Crippen LogP contribution in [0.25, 0.3) is 11.5 Å². The van der Waals surface area contributed by atoms with E-state index in [0.29, 0.717) is 41.9 Å². The Morgan fingerprint density at radius 3 is 2.83 bits per heavy atom. The van der Waals surface area contributed by atoms with E-state index >= 15 is 0 Å². The fourth-order valence-electron chi connectivity index (χ4n) is 3.50. The standard InChI is InChI=1S/C19H22N6O3S/c1-10-17(29-12(3)21-10)18(27)23-14-7-15(26)9-25(8-14)16-6-13(4-5-20-16)19-22-11(2)24-28-19/h4-6,14-15,26H,7-9H2,1-3H3,(H,23,27)/t14-,15+/m0/s1. The van der Waals surface area contributed by atoms with Gasteiger partial charge in [-0.05, 0) is 39.3 Å². The van der Waals surface area contributed by atoms with Crippen molar-refractivity contribution in [1.29, 1.82) is 0 Å². The molecule has 152 valence electrons. The van der Waals surface area contributed by atoms with Gasteiger partial charge in [0.25, 0.3) is 11.8 Å². The third kappa shape index (κ3) is 4.28. The van der Waals surface area contributed by atoms with Gasteiger partial charge in [-0.3, -0.25) is 4.79 Å². The van der Waals surface area contributed by atoms with Gasteiger partial charge in [0.1, 0.15) is 10.7 Å². The number of β-amino-alcohol motifs (C(OH)–C–C–N with tert-alkyl or cyclic N) is 1. The summed E-state index contributed by atoms with van der Waals surface area (Å²) < 4.78 is 5.23. The average Bonchev–Trinajstić information content (AvgIpc) is 3.26. The number of carbonyl (C=O) groups excluding carboxylic acids is 1. The van der Waals surface area contributed by atoms with Crippen molar-refractivity contribution in [3.05, 3.63) is 39.7 Å². The summed E-state index contributed by atoms with van der Waals surface area (Å²) in [5, 5.41) is 18.1. The number of aliphatic hydroxyl groups excluding tert-OH is 1. The highest BCUT2D eigenvalue weighted by Gasteiger charge is 2.29. The molecule has 2 N–H and O–H groups in total. The number of aliphatic hydroxyl groups is 1. The second-order valence-corrected chi connectivity index (χ2v) is 8.36. The van der Waals surface area contributed by atoms with E-state index in [-0.39, 0.29) is 11.9 Å². The molecule has 2 atom stereocenters. The lowest BCUT2D eigenvalue weighted by Crippen LogP contribution is -2.53. The van der Waals surface area contributed by atoms with Crippen LogP contribution in [-0.2, 0) is 0 Å². The lowest BCUT2D eigenvalue weighted by molar-refractivity contribution is 0.0898. The largest absolute Gasteiger partial charge is 0.391 e. The number of hydrogen-bond donors (Lipinski definition) is 2. The van der Waals surface area contributed by atoms with Gasteiger partial charge in [-0.1, -0.05) is 5.16 Å². The third-order valence-corrected chi connectivity index (χ3v) is 5.79. The Morgan fingerprint density at radius 2 is 2.14 bits per heavy atom. The molecule has 10 heteroatoms. The number of nitrogens with zero attached hydrogens (tertiary/aromatic N) is 5. The molecule has 0 unspecified atom stereocenters. The molecule has 4 rings (SSSR count). The third-order valence-electron chi connectivity index (χ3n) is 4.72. The highest BCUT2D eigenvalue weighted by molar-refractivity contribution is 7.13. The fraction of sp³-hybridized carbons (Fsp3) is 0.421. The zero-order valence-electron chi connectivity index (χ0n) is 16.4. The van der Waals surface area contributed by atoms with Crippen molar-refractivity contribution < 1.29 is 14.4 Å². The van der Waals surface area contributed by atoms with E-state index < -0.39 is 6.10 Å². The lowest BCUT2D eigenvalue weighted by Gasteiger charge is -2.36. The summed E-state index contributed by atoms with van der Waals surface area (Å²) in [5.74, 6) is 1.50. The summed E-state index contributed by atoms with van der Waals surface area (Å²) in [4.78, 5) is 28.2. The zero-order valence-corrected chi connectivity index (χ0v) is 17.2. The molecule has 1 aliphatic rings. The molecular formula is C19H22N6O3S. The average molecular weight is 414 g/mol. The number of pyridine rings is 1. The molecule has 3 aromatic heterocycles. The van der Waals surface area contributed by atoms with Crippen LogP contribution in [0.3, 0.4) is 0 Å². The van der Waals surface area contributed by atoms with Crippen molar-refractivity contribution in [2.45, 2.75) is 39.3 Å². The molecule has 0 radical (unpaired) electrons. The van der Waals surface area contributed by atoms with E-state index in [4.69, 9.17) is 4.52 Å². The second kappa shape index (κ2) is 7.88. The van der Waals surface area contributed by atoms with Gasteiger partial charge in [-0.15, -0.1) is 11.3 Å². The molecule has 3 aromatic rings. The van der Waals surface area contributed by atoms with Crippen LogP contribution in [0.15, 0.2) is 22.9 Å². The molecule has 0 bridgehead atoms. The molecule has 1 fully saturated rings. The maximum absolute atomic E-state index is 12.7. The summed E-state index contributed by atoms with van der Waals surface area (Å²) in [5.41, 5.74) is 1.48. The minimum Gasteiger partial charge on any atom is -0.391 e. The van der Waals surface area contributed by atoms with Crippen molar-refractivity contribution in [3.63, 3.8) is 0 Å². The van der Waals surface area contributed by atoms with Crippen LogP contribution < -0.4 is 10.2 Å². The normalized spacial score (nSPS) is 19.4. The van der Waals surface area contributed by atoms with E-state index in [0.717, 1.165) is 16.3 Å². The second-order valence-electron chi connectivity index (χ2n) is 7.16. The number of hydrogen-bond acceptors (Lipinski definition) is 9. The molecule has 1 aliphatic heterocycles. The van der Waals surface area contributed by atoms with E-state index in [1.807, 2.05) is 24.8 Å². The van der Waals surface area contributed by atoms with Crippen LogP contribution in [0.2, 0.25) is 0 Å². The van der Waals surface area contributed by atoms with E-state index in [1.54, 1.807) is 19.2 Å². The number of rotatable bonds is 4. The van der Waals surface area contributed by atoms with Crippen molar-refractivity contribution in [3.8, 4) is 11.5 Å². The topological polar surface area (TPSA) is 117 Å². The van der Waals surface area contributed by atoms with Gasteiger partial charge in [0, 0.05) is 30.9 Å². The van der Waals surface area contributed by atoms with E-state index in [1.165, 1.54) is 11.3 Å². The van der Waals surface area contributed by atoms with Gasteiger partial charge >= 0.3 is 0 Å². The number of nitrogens with one attached hydrogen (secondary N) is 1. The molecule has 0 aliphatic carbocycles. The number of carbonyl (C=O) groups is 1. The van der Waals surface area contributed by atoms with Crippen LogP contribution in [-0.4, -0.2) is 56.4 Å². The fourth-order valence-corrected chi connectivity index (χ4v) is 4.32. The minimum absolute atomic E-state index is 0.157. The summed E-state index contributed by atoms with van der Waals surface area (Å²) in [6.45, 7) is 6.44. The minimum atomic E-state index is -0.575. The summed E-state index contributed by atoms with van der Waals surface area (Å²) in [6, 6.07) is 3.44. The van der Waals surface area contributed by atoms with E-state index in [2.05, 4.69) is 25.4 Å². The Kier molecular flexibility index (Phi) is 5.29. The van der Waals surface area contributed by atoms with Gasteiger partial charge in [-0.2, -0.15) is 4.98 Å².